The highest BCUT2D eigenvalue weighted by Crippen LogP contribution is 2.28. The fraction of sp³-hybridized carbons (Fsp3) is 0.375. The van der Waals surface area contributed by atoms with Crippen LogP contribution < -0.4 is 0 Å². The monoisotopic (exact) mass is 249 g/mol. The highest BCUT2D eigenvalue weighted by Gasteiger charge is 2.19. The number of nitrogens with zero attached hydrogens (tertiary/aromatic N) is 1. The van der Waals surface area contributed by atoms with Crippen molar-refractivity contribution in [1.82, 2.24) is 4.98 Å². The van der Waals surface area contributed by atoms with Crippen LogP contribution in [0.25, 0.3) is 0 Å². The van der Waals surface area contributed by atoms with E-state index in [0.29, 0.717) is 5.15 Å². The SMILES string of the molecule is CC(C)(O)c1cc(Cl)ncc1Br. The van der Waals surface area contributed by atoms with Gasteiger partial charge in [-0.15, -0.1) is 0 Å². The highest BCUT2D eigenvalue weighted by molar-refractivity contribution is 9.10. The summed E-state index contributed by atoms with van der Waals surface area (Å²) in [6, 6.07) is 1.64. The largest absolute Gasteiger partial charge is 0.386 e. The molecule has 0 saturated carbocycles. The summed E-state index contributed by atoms with van der Waals surface area (Å²) in [6.45, 7) is 3.40. The van der Waals surface area contributed by atoms with Crippen molar-refractivity contribution in [3.05, 3.63) is 27.5 Å². The molecule has 12 heavy (non-hydrogen) atoms. The Morgan fingerprint density at radius 1 is 1.58 bits per heavy atom. The van der Waals surface area contributed by atoms with Crippen LogP contribution in [0.3, 0.4) is 0 Å². The maximum Gasteiger partial charge on any atom is 0.129 e. The molecule has 0 radical (unpaired) electrons. The molecule has 1 N–H and O–H groups in total. The zero-order valence-electron chi connectivity index (χ0n) is 6.81. The second kappa shape index (κ2) is 3.32. The molecule has 0 aliphatic rings. The first-order valence-corrected chi connectivity index (χ1v) is 4.62. The third-order valence-corrected chi connectivity index (χ3v) is 2.32. The standard InChI is InChI=1S/C8H9BrClNO/c1-8(2,12)5-3-7(10)11-4-6(5)9/h3-4,12H,1-2H3. The number of hydrogen-bond donors (Lipinski definition) is 1. The van der Waals surface area contributed by atoms with E-state index in [-0.39, 0.29) is 0 Å². The second-order valence-corrected chi connectivity index (χ2v) is 4.29. The predicted molar refractivity (Wildman–Crippen MR) is 52.2 cm³/mol. The normalized spacial score (nSPS) is 11.8. The van der Waals surface area contributed by atoms with E-state index >= 15 is 0 Å². The molecule has 2 nitrogen and oxygen atoms in total. The van der Waals surface area contributed by atoms with Gasteiger partial charge in [-0.2, -0.15) is 0 Å². The van der Waals surface area contributed by atoms with Crippen LogP contribution >= 0.6 is 27.5 Å². The van der Waals surface area contributed by atoms with Gasteiger partial charge in [-0.25, -0.2) is 4.98 Å². The van der Waals surface area contributed by atoms with Crippen LogP contribution in [0.15, 0.2) is 16.7 Å². The first kappa shape index (κ1) is 9.96. The van der Waals surface area contributed by atoms with E-state index in [1.807, 2.05) is 0 Å². The highest BCUT2D eigenvalue weighted by atomic mass is 79.9. The fourth-order valence-corrected chi connectivity index (χ4v) is 1.74. The van der Waals surface area contributed by atoms with Crippen LogP contribution in [-0.4, -0.2) is 10.1 Å². The molecule has 0 fully saturated rings. The summed E-state index contributed by atoms with van der Waals surface area (Å²) in [6.07, 6.45) is 1.58. The topological polar surface area (TPSA) is 33.1 Å². The van der Waals surface area contributed by atoms with Crippen LogP contribution in [0.5, 0.6) is 0 Å². The molecule has 0 unspecified atom stereocenters. The first-order valence-electron chi connectivity index (χ1n) is 3.45. The Hall–Kier alpha value is -0.120. The molecule has 1 rings (SSSR count). The quantitative estimate of drug-likeness (QED) is 0.778. The Balaban J connectivity index is 3.23. The maximum absolute atomic E-state index is 9.68. The Morgan fingerprint density at radius 2 is 2.17 bits per heavy atom. The third kappa shape index (κ3) is 2.19. The molecule has 1 aromatic rings. The minimum atomic E-state index is -0.897. The van der Waals surface area contributed by atoms with Crippen LogP contribution in [0.1, 0.15) is 19.4 Å². The lowest BCUT2D eigenvalue weighted by atomic mass is 10.0. The molecule has 0 aliphatic heterocycles. The summed E-state index contributed by atoms with van der Waals surface area (Å²) < 4.78 is 0.763. The van der Waals surface area contributed by atoms with E-state index in [0.717, 1.165) is 10.0 Å². The summed E-state index contributed by atoms with van der Waals surface area (Å²) >= 11 is 8.96. The molecule has 0 aromatic carbocycles. The van der Waals surface area contributed by atoms with Gasteiger partial charge < -0.3 is 5.11 Å². The van der Waals surface area contributed by atoms with Gasteiger partial charge >= 0.3 is 0 Å². The molecule has 66 valence electrons. The van der Waals surface area contributed by atoms with Gasteiger partial charge in [-0.1, -0.05) is 11.6 Å². The Morgan fingerprint density at radius 3 is 2.58 bits per heavy atom. The predicted octanol–water partition coefficient (Wildman–Crippen LogP) is 2.72. The van der Waals surface area contributed by atoms with E-state index < -0.39 is 5.60 Å². The number of hydrogen-bond acceptors (Lipinski definition) is 2. The molecule has 0 bridgehead atoms. The minimum absolute atomic E-state index is 0.385. The van der Waals surface area contributed by atoms with Crippen LogP contribution in [0.4, 0.5) is 0 Å². The number of halogens is 2. The van der Waals surface area contributed by atoms with Crippen LogP contribution in [-0.2, 0) is 5.60 Å². The number of aliphatic hydroxyl groups is 1. The van der Waals surface area contributed by atoms with Crippen molar-refractivity contribution in [2.45, 2.75) is 19.4 Å². The smallest absolute Gasteiger partial charge is 0.129 e. The fourth-order valence-electron chi connectivity index (χ4n) is 0.882. The van der Waals surface area contributed by atoms with E-state index in [1.165, 1.54) is 0 Å². The summed E-state index contributed by atoms with van der Waals surface area (Å²) in [5.41, 5.74) is -0.159. The van der Waals surface area contributed by atoms with Crippen molar-refractivity contribution in [2.75, 3.05) is 0 Å². The molecule has 0 aliphatic carbocycles. The van der Waals surface area contributed by atoms with Crippen LogP contribution in [0.2, 0.25) is 5.15 Å². The summed E-state index contributed by atoms with van der Waals surface area (Å²) in [5.74, 6) is 0. The van der Waals surface area contributed by atoms with Gasteiger partial charge in [0.2, 0.25) is 0 Å². The van der Waals surface area contributed by atoms with E-state index in [4.69, 9.17) is 11.6 Å². The zero-order valence-corrected chi connectivity index (χ0v) is 9.15. The Kier molecular flexibility index (Phi) is 2.76. The molecule has 0 saturated heterocycles. The molecular formula is C8H9BrClNO. The average Bonchev–Trinajstić information content (AvgIpc) is 1.92. The molecule has 0 amide bonds. The molecule has 1 aromatic heterocycles. The number of pyridine rings is 1. The van der Waals surface area contributed by atoms with Gasteiger partial charge in [0.15, 0.2) is 0 Å². The van der Waals surface area contributed by atoms with Crippen LogP contribution in [0, 0.1) is 0 Å². The summed E-state index contributed by atoms with van der Waals surface area (Å²) in [5, 5.41) is 10.1. The van der Waals surface area contributed by atoms with Crippen molar-refractivity contribution >= 4 is 27.5 Å². The lowest BCUT2D eigenvalue weighted by Gasteiger charge is -2.19. The van der Waals surface area contributed by atoms with Gasteiger partial charge in [0.1, 0.15) is 5.15 Å². The van der Waals surface area contributed by atoms with Gasteiger partial charge in [-0.3, -0.25) is 0 Å². The molecule has 1 heterocycles. The molecule has 4 heteroatoms. The van der Waals surface area contributed by atoms with E-state index in [1.54, 1.807) is 26.1 Å². The van der Waals surface area contributed by atoms with Gasteiger partial charge in [-0.05, 0) is 35.8 Å². The first-order chi connectivity index (χ1) is 5.41. The zero-order chi connectivity index (χ0) is 9.35. The number of rotatable bonds is 1. The van der Waals surface area contributed by atoms with Crippen molar-refractivity contribution in [1.29, 1.82) is 0 Å². The lowest BCUT2D eigenvalue weighted by Crippen LogP contribution is -2.16. The maximum atomic E-state index is 9.68. The summed E-state index contributed by atoms with van der Waals surface area (Å²) in [7, 11) is 0. The molecule has 0 atom stereocenters. The van der Waals surface area contributed by atoms with Gasteiger partial charge in [0.25, 0.3) is 0 Å². The number of aromatic nitrogens is 1. The van der Waals surface area contributed by atoms with Gasteiger partial charge in [0.05, 0.1) is 5.60 Å². The van der Waals surface area contributed by atoms with Crippen molar-refractivity contribution in [3.63, 3.8) is 0 Å². The third-order valence-electron chi connectivity index (χ3n) is 1.48. The molecule has 0 spiro atoms. The van der Waals surface area contributed by atoms with Crippen molar-refractivity contribution in [3.8, 4) is 0 Å². The molecular weight excluding hydrogens is 241 g/mol. The minimum Gasteiger partial charge on any atom is -0.386 e. The van der Waals surface area contributed by atoms with E-state index in [2.05, 4.69) is 20.9 Å². The van der Waals surface area contributed by atoms with Gasteiger partial charge in [0, 0.05) is 16.2 Å². The summed E-state index contributed by atoms with van der Waals surface area (Å²) in [4.78, 5) is 3.86. The lowest BCUT2D eigenvalue weighted by molar-refractivity contribution is 0.0777. The second-order valence-electron chi connectivity index (χ2n) is 3.05. The van der Waals surface area contributed by atoms with E-state index in [9.17, 15) is 5.11 Å². The average molecular weight is 251 g/mol. The Labute approximate surface area is 84.7 Å². The van der Waals surface area contributed by atoms with Crippen molar-refractivity contribution in [2.24, 2.45) is 0 Å². The van der Waals surface area contributed by atoms with Crippen molar-refractivity contribution < 1.29 is 5.11 Å². The Bertz CT molecular complexity index is 296.